The largest absolute Gasteiger partial charge is 0.282 e. The van der Waals surface area contributed by atoms with Crippen LogP contribution in [-0.4, -0.2) is 5.12 Å². The van der Waals surface area contributed by atoms with E-state index in [1.54, 1.807) is 0 Å². The second kappa shape index (κ2) is 5.69. The summed E-state index contributed by atoms with van der Waals surface area (Å²) in [6.07, 6.45) is 0. The summed E-state index contributed by atoms with van der Waals surface area (Å²) >= 11 is 1.35. The molecule has 0 unspecified atom stereocenters. The molecule has 0 saturated heterocycles. The molecule has 0 N–H and O–H groups in total. The summed E-state index contributed by atoms with van der Waals surface area (Å²) in [7, 11) is 0. The van der Waals surface area contributed by atoms with Crippen molar-refractivity contribution >= 4 is 16.9 Å². The van der Waals surface area contributed by atoms with E-state index in [0.29, 0.717) is 0 Å². The first-order chi connectivity index (χ1) is 8.25. The minimum absolute atomic E-state index is 0.137. The predicted octanol–water partition coefficient (Wildman–Crippen LogP) is 4.07. The highest BCUT2D eigenvalue weighted by atomic mass is 32.2. The highest BCUT2D eigenvalue weighted by molar-refractivity contribution is 8.13. The van der Waals surface area contributed by atoms with Crippen molar-refractivity contribution in [1.29, 1.82) is 0 Å². The van der Waals surface area contributed by atoms with Gasteiger partial charge in [-0.05, 0) is 18.6 Å². The Kier molecular flexibility index (Phi) is 3.99. The molecule has 0 aliphatic heterocycles. The number of thioether (sulfide) groups is 1. The lowest BCUT2D eigenvalue weighted by molar-refractivity contribution is 0.108. The fourth-order valence-corrected chi connectivity index (χ4v) is 2.36. The quantitative estimate of drug-likeness (QED) is 0.807. The third-order valence-electron chi connectivity index (χ3n) is 2.47. The van der Waals surface area contributed by atoms with E-state index in [4.69, 9.17) is 0 Å². The summed E-state index contributed by atoms with van der Waals surface area (Å²) in [5.41, 5.74) is 3.08. The Morgan fingerprint density at radius 3 is 2.53 bits per heavy atom. The van der Waals surface area contributed by atoms with Crippen LogP contribution in [0, 0.1) is 6.92 Å². The molecule has 2 aromatic rings. The zero-order valence-electron chi connectivity index (χ0n) is 9.72. The average molecular weight is 242 g/mol. The molecular weight excluding hydrogens is 228 g/mol. The van der Waals surface area contributed by atoms with Gasteiger partial charge in [-0.25, -0.2) is 0 Å². The summed E-state index contributed by atoms with van der Waals surface area (Å²) < 4.78 is 0. The first kappa shape index (κ1) is 11.9. The summed E-state index contributed by atoms with van der Waals surface area (Å²) in [6.45, 7) is 2.00. The lowest BCUT2D eigenvalue weighted by Crippen LogP contribution is -1.94. The SMILES string of the molecule is Cc1cccc(C(=O)SCc2ccccc2)c1. The number of aryl methyl sites for hydroxylation is 1. The number of benzene rings is 2. The monoisotopic (exact) mass is 242 g/mol. The van der Waals surface area contributed by atoms with Crippen LogP contribution in [0.4, 0.5) is 0 Å². The molecule has 0 bridgehead atoms. The molecule has 86 valence electrons. The molecule has 0 amide bonds. The predicted molar refractivity (Wildman–Crippen MR) is 73.2 cm³/mol. The molecule has 0 aliphatic rings. The normalized spacial score (nSPS) is 10.2. The van der Waals surface area contributed by atoms with Crippen LogP contribution in [0.5, 0.6) is 0 Å². The first-order valence-electron chi connectivity index (χ1n) is 5.53. The van der Waals surface area contributed by atoms with Gasteiger partial charge in [-0.2, -0.15) is 0 Å². The van der Waals surface area contributed by atoms with Gasteiger partial charge in [0.05, 0.1) is 0 Å². The van der Waals surface area contributed by atoms with Gasteiger partial charge in [0.15, 0.2) is 0 Å². The lowest BCUT2D eigenvalue weighted by atomic mass is 10.2. The molecular formula is C15H14OS. The topological polar surface area (TPSA) is 17.1 Å². The first-order valence-corrected chi connectivity index (χ1v) is 6.52. The molecule has 2 heteroatoms. The van der Waals surface area contributed by atoms with Crippen LogP contribution in [0.15, 0.2) is 54.6 Å². The fourth-order valence-electron chi connectivity index (χ4n) is 1.58. The number of rotatable bonds is 3. The molecule has 0 atom stereocenters. The maximum Gasteiger partial charge on any atom is 0.219 e. The summed E-state index contributed by atoms with van der Waals surface area (Å²) in [5.74, 6) is 0.730. The van der Waals surface area contributed by atoms with Gasteiger partial charge in [0.1, 0.15) is 0 Å². The zero-order chi connectivity index (χ0) is 12.1. The van der Waals surface area contributed by atoms with Crippen molar-refractivity contribution in [3.8, 4) is 0 Å². The summed E-state index contributed by atoms with van der Waals surface area (Å²) in [6, 6.07) is 17.8. The minimum atomic E-state index is 0.137. The van der Waals surface area contributed by atoms with Crippen LogP contribution >= 0.6 is 11.8 Å². The molecule has 2 rings (SSSR count). The highest BCUT2D eigenvalue weighted by Crippen LogP contribution is 2.18. The number of hydrogen-bond acceptors (Lipinski definition) is 2. The van der Waals surface area contributed by atoms with Gasteiger partial charge >= 0.3 is 0 Å². The van der Waals surface area contributed by atoms with Gasteiger partial charge in [0, 0.05) is 11.3 Å². The van der Waals surface area contributed by atoms with E-state index in [0.717, 1.165) is 16.9 Å². The Morgan fingerprint density at radius 1 is 1.06 bits per heavy atom. The van der Waals surface area contributed by atoms with E-state index in [9.17, 15) is 4.79 Å². The summed E-state index contributed by atoms with van der Waals surface area (Å²) in [4.78, 5) is 11.9. The van der Waals surface area contributed by atoms with Crippen molar-refractivity contribution in [2.45, 2.75) is 12.7 Å². The van der Waals surface area contributed by atoms with Crippen molar-refractivity contribution in [2.75, 3.05) is 0 Å². The van der Waals surface area contributed by atoms with E-state index in [1.807, 2.05) is 61.5 Å². The molecule has 1 nitrogen and oxygen atoms in total. The van der Waals surface area contributed by atoms with E-state index >= 15 is 0 Å². The standard InChI is InChI=1S/C15H14OS/c1-12-6-5-9-14(10-12)15(16)17-11-13-7-3-2-4-8-13/h2-10H,11H2,1H3. The molecule has 0 aliphatic carbocycles. The van der Waals surface area contributed by atoms with E-state index in [1.165, 1.54) is 17.3 Å². The van der Waals surface area contributed by atoms with Crippen LogP contribution in [-0.2, 0) is 5.75 Å². The molecule has 0 fully saturated rings. The molecule has 0 heterocycles. The number of carbonyl (C=O) groups is 1. The van der Waals surface area contributed by atoms with Crippen LogP contribution in [0.25, 0.3) is 0 Å². The lowest BCUT2D eigenvalue weighted by Gasteiger charge is -2.02. The minimum Gasteiger partial charge on any atom is -0.282 e. The maximum absolute atomic E-state index is 11.9. The Labute approximate surface area is 106 Å². The molecule has 0 aromatic heterocycles. The molecule has 2 aromatic carbocycles. The number of hydrogen-bond donors (Lipinski definition) is 0. The smallest absolute Gasteiger partial charge is 0.219 e. The van der Waals surface area contributed by atoms with Crippen LogP contribution in [0.3, 0.4) is 0 Å². The van der Waals surface area contributed by atoms with Crippen LogP contribution < -0.4 is 0 Å². The van der Waals surface area contributed by atoms with Gasteiger partial charge < -0.3 is 0 Å². The summed E-state index contributed by atoms with van der Waals surface area (Å²) in [5, 5.41) is 0.137. The third-order valence-corrected chi connectivity index (χ3v) is 3.44. The van der Waals surface area contributed by atoms with Gasteiger partial charge in [0.25, 0.3) is 0 Å². The van der Waals surface area contributed by atoms with E-state index < -0.39 is 0 Å². The maximum atomic E-state index is 11.9. The third kappa shape index (κ3) is 3.46. The average Bonchev–Trinajstić information content (AvgIpc) is 2.37. The van der Waals surface area contributed by atoms with Crippen molar-refractivity contribution in [2.24, 2.45) is 0 Å². The Morgan fingerprint density at radius 2 is 1.82 bits per heavy atom. The Hall–Kier alpha value is -1.54. The Balaban J connectivity index is 1.98. The second-order valence-corrected chi connectivity index (χ2v) is 4.88. The van der Waals surface area contributed by atoms with Gasteiger partial charge in [-0.15, -0.1) is 0 Å². The van der Waals surface area contributed by atoms with Gasteiger partial charge in [-0.3, -0.25) is 4.79 Å². The zero-order valence-corrected chi connectivity index (χ0v) is 10.5. The fraction of sp³-hybridized carbons (Fsp3) is 0.133. The van der Waals surface area contributed by atoms with Crippen molar-refractivity contribution in [1.82, 2.24) is 0 Å². The van der Waals surface area contributed by atoms with Crippen LogP contribution in [0.2, 0.25) is 0 Å². The van der Waals surface area contributed by atoms with E-state index in [2.05, 4.69) is 0 Å². The highest BCUT2D eigenvalue weighted by Gasteiger charge is 2.06. The second-order valence-electron chi connectivity index (χ2n) is 3.93. The Bertz CT molecular complexity index is 505. The van der Waals surface area contributed by atoms with Crippen molar-refractivity contribution < 1.29 is 4.79 Å². The van der Waals surface area contributed by atoms with E-state index in [-0.39, 0.29) is 5.12 Å². The molecule has 0 spiro atoms. The molecule has 17 heavy (non-hydrogen) atoms. The van der Waals surface area contributed by atoms with Gasteiger partial charge in [0.2, 0.25) is 5.12 Å². The van der Waals surface area contributed by atoms with Crippen molar-refractivity contribution in [3.05, 3.63) is 71.3 Å². The van der Waals surface area contributed by atoms with Crippen LogP contribution in [0.1, 0.15) is 21.5 Å². The molecule has 0 saturated carbocycles. The molecule has 0 radical (unpaired) electrons. The van der Waals surface area contributed by atoms with Gasteiger partial charge in [-0.1, -0.05) is 65.9 Å². The van der Waals surface area contributed by atoms with Crippen molar-refractivity contribution in [3.63, 3.8) is 0 Å². The number of carbonyl (C=O) groups excluding carboxylic acids is 1.